The minimum absolute atomic E-state index is 0.709. The molecule has 5 radical (unpaired) electrons. The van der Waals surface area contributed by atoms with Gasteiger partial charge in [-0.25, -0.2) is 0 Å². The molecular weight excluding hydrogens is 184 g/mol. The number of carbonyl (C=O) groups is 1. The summed E-state index contributed by atoms with van der Waals surface area (Å²) in [5.41, 5.74) is 1.81. The largest absolute Gasteiger partial charge is 0.298 e. The second kappa shape index (κ2) is 4.92. The molecule has 0 amide bonds. The summed E-state index contributed by atoms with van der Waals surface area (Å²) >= 11 is 0. The van der Waals surface area contributed by atoms with Gasteiger partial charge in [-0.05, 0) is 31.2 Å². The van der Waals surface area contributed by atoms with E-state index in [0.29, 0.717) is 5.56 Å². The van der Waals surface area contributed by atoms with Gasteiger partial charge in [0.2, 0.25) is 0 Å². The summed E-state index contributed by atoms with van der Waals surface area (Å²) < 4.78 is 0. The van der Waals surface area contributed by atoms with Gasteiger partial charge in [-0.1, -0.05) is 36.4 Å². The summed E-state index contributed by atoms with van der Waals surface area (Å²) in [6.45, 7) is 0. The van der Waals surface area contributed by atoms with Crippen molar-refractivity contribution in [2.45, 2.75) is 0 Å². The molecular formula is C14H11O. The standard InChI is InChI=1S/C14H11O/c15-11-14-9-7-13(8-10-14)6-5-12-3-1-2-4-12/h1-11H/b6-5-. The highest BCUT2D eigenvalue weighted by molar-refractivity contribution is 5.75. The Kier molecular flexibility index (Phi) is 3.33. The maximum atomic E-state index is 10.4. The average molecular weight is 195 g/mol. The zero-order valence-corrected chi connectivity index (χ0v) is 8.26. The molecule has 1 saturated carbocycles. The van der Waals surface area contributed by atoms with Gasteiger partial charge in [-0.2, -0.15) is 0 Å². The topological polar surface area (TPSA) is 17.1 Å². The van der Waals surface area contributed by atoms with Crippen molar-refractivity contribution in [3.05, 3.63) is 73.1 Å². The normalized spacial score (nSPS) is 17.3. The molecule has 0 aromatic heterocycles. The lowest BCUT2D eigenvalue weighted by Crippen LogP contribution is -1.84. The molecule has 1 aliphatic rings. The first-order chi connectivity index (χ1) is 7.38. The fraction of sp³-hybridized carbons (Fsp3) is 0. The highest BCUT2D eigenvalue weighted by Gasteiger charge is 2.12. The van der Waals surface area contributed by atoms with Crippen LogP contribution in [0.15, 0.2) is 30.3 Å². The van der Waals surface area contributed by atoms with Crippen LogP contribution in [-0.4, -0.2) is 6.29 Å². The van der Waals surface area contributed by atoms with Crippen LogP contribution in [0, 0.1) is 31.6 Å². The second-order valence-electron chi connectivity index (χ2n) is 3.34. The number of aldehydes is 1. The molecule has 0 saturated heterocycles. The van der Waals surface area contributed by atoms with E-state index in [0.717, 1.165) is 11.8 Å². The van der Waals surface area contributed by atoms with Crippen LogP contribution >= 0.6 is 0 Å². The van der Waals surface area contributed by atoms with E-state index < -0.39 is 0 Å². The van der Waals surface area contributed by atoms with Crippen LogP contribution in [0.2, 0.25) is 0 Å². The average Bonchev–Trinajstić information content (AvgIpc) is 2.80. The smallest absolute Gasteiger partial charge is 0.150 e. The van der Waals surface area contributed by atoms with Crippen molar-refractivity contribution >= 4 is 12.4 Å². The first-order valence-electron chi connectivity index (χ1n) is 4.83. The molecule has 1 heteroatoms. The zero-order valence-electron chi connectivity index (χ0n) is 8.26. The van der Waals surface area contributed by atoms with Gasteiger partial charge < -0.3 is 0 Å². The second-order valence-corrected chi connectivity index (χ2v) is 3.34. The van der Waals surface area contributed by atoms with Crippen molar-refractivity contribution in [1.82, 2.24) is 0 Å². The number of hydrogen-bond donors (Lipinski definition) is 0. The summed E-state index contributed by atoms with van der Waals surface area (Å²) in [7, 11) is 0. The van der Waals surface area contributed by atoms with Gasteiger partial charge in [0, 0.05) is 11.5 Å². The fourth-order valence-electron chi connectivity index (χ4n) is 1.38. The van der Waals surface area contributed by atoms with Gasteiger partial charge in [0.1, 0.15) is 6.29 Å². The van der Waals surface area contributed by atoms with Crippen LogP contribution in [0.1, 0.15) is 15.9 Å². The number of rotatable bonds is 3. The minimum Gasteiger partial charge on any atom is -0.298 e. The van der Waals surface area contributed by atoms with Gasteiger partial charge >= 0.3 is 0 Å². The van der Waals surface area contributed by atoms with E-state index in [1.54, 1.807) is 0 Å². The van der Waals surface area contributed by atoms with E-state index in [2.05, 4.69) is 18.9 Å². The molecule has 1 aromatic rings. The van der Waals surface area contributed by atoms with Crippen molar-refractivity contribution < 1.29 is 4.79 Å². The van der Waals surface area contributed by atoms with E-state index in [1.807, 2.05) is 43.2 Å². The third-order valence-electron chi connectivity index (χ3n) is 2.23. The predicted octanol–water partition coefficient (Wildman–Crippen LogP) is 2.92. The SMILES string of the molecule is O=Cc1ccc(/C=C\[C]2[CH][CH][CH][CH]2)cc1. The molecule has 2 rings (SSSR count). The number of carbonyl (C=O) groups excluding carboxylic acids is 1. The van der Waals surface area contributed by atoms with Crippen molar-refractivity contribution in [1.29, 1.82) is 0 Å². The number of allylic oxidation sites excluding steroid dienone is 1. The lowest BCUT2D eigenvalue weighted by Gasteiger charge is -1.99. The van der Waals surface area contributed by atoms with Crippen LogP contribution in [0.4, 0.5) is 0 Å². The molecule has 0 atom stereocenters. The fourth-order valence-corrected chi connectivity index (χ4v) is 1.38. The van der Waals surface area contributed by atoms with Crippen molar-refractivity contribution in [2.75, 3.05) is 0 Å². The van der Waals surface area contributed by atoms with Crippen LogP contribution in [0.25, 0.3) is 6.08 Å². The third-order valence-corrected chi connectivity index (χ3v) is 2.23. The Hall–Kier alpha value is -1.37. The molecule has 0 N–H and O–H groups in total. The molecule has 0 unspecified atom stereocenters. The van der Waals surface area contributed by atoms with Crippen LogP contribution in [0.3, 0.4) is 0 Å². The molecule has 0 aliphatic heterocycles. The highest BCUT2D eigenvalue weighted by Crippen LogP contribution is 2.24. The molecule has 1 fully saturated rings. The van der Waals surface area contributed by atoms with Gasteiger partial charge in [0.15, 0.2) is 0 Å². The quantitative estimate of drug-likeness (QED) is 0.678. The Labute approximate surface area is 90.8 Å². The van der Waals surface area contributed by atoms with E-state index in [-0.39, 0.29) is 0 Å². The van der Waals surface area contributed by atoms with Gasteiger partial charge in [0.25, 0.3) is 0 Å². The van der Waals surface area contributed by atoms with E-state index >= 15 is 0 Å². The van der Waals surface area contributed by atoms with E-state index in [4.69, 9.17) is 0 Å². The first-order valence-corrected chi connectivity index (χ1v) is 4.83. The van der Waals surface area contributed by atoms with Crippen LogP contribution < -0.4 is 0 Å². The van der Waals surface area contributed by atoms with Gasteiger partial charge in [-0.3, -0.25) is 4.79 Å². The van der Waals surface area contributed by atoms with Crippen LogP contribution in [0.5, 0.6) is 0 Å². The van der Waals surface area contributed by atoms with Crippen LogP contribution in [-0.2, 0) is 0 Å². The molecule has 1 aliphatic carbocycles. The predicted molar refractivity (Wildman–Crippen MR) is 61.3 cm³/mol. The molecule has 1 aromatic carbocycles. The number of benzene rings is 1. The lowest BCUT2D eigenvalue weighted by atomic mass is 10.1. The Morgan fingerprint density at radius 1 is 0.800 bits per heavy atom. The Balaban J connectivity index is 2.00. The molecule has 73 valence electrons. The lowest BCUT2D eigenvalue weighted by molar-refractivity contribution is 0.112. The number of hydrogen-bond acceptors (Lipinski definition) is 1. The monoisotopic (exact) mass is 195 g/mol. The minimum atomic E-state index is 0.709. The maximum Gasteiger partial charge on any atom is 0.150 e. The Bertz CT molecular complexity index is 342. The summed E-state index contributed by atoms with van der Waals surface area (Å²) in [4.78, 5) is 10.4. The van der Waals surface area contributed by atoms with Crippen molar-refractivity contribution in [3.63, 3.8) is 0 Å². The maximum absolute atomic E-state index is 10.4. The van der Waals surface area contributed by atoms with E-state index in [9.17, 15) is 4.79 Å². The molecule has 1 nitrogen and oxygen atoms in total. The summed E-state index contributed by atoms with van der Waals surface area (Å²) in [6.07, 6.45) is 13.1. The Morgan fingerprint density at radius 3 is 2.00 bits per heavy atom. The van der Waals surface area contributed by atoms with Crippen molar-refractivity contribution in [3.8, 4) is 0 Å². The summed E-state index contributed by atoms with van der Waals surface area (Å²) in [5, 5.41) is 0. The Morgan fingerprint density at radius 2 is 1.40 bits per heavy atom. The molecule has 0 bridgehead atoms. The van der Waals surface area contributed by atoms with Gasteiger partial charge in [0.05, 0.1) is 0 Å². The molecule has 15 heavy (non-hydrogen) atoms. The highest BCUT2D eigenvalue weighted by atomic mass is 16.1. The zero-order chi connectivity index (χ0) is 10.5. The summed E-state index contributed by atoms with van der Waals surface area (Å²) in [6, 6.07) is 7.50. The molecule has 0 spiro atoms. The summed E-state index contributed by atoms with van der Waals surface area (Å²) in [5.74, 6) is 1.19. The van der Waals surface area contributed by atoms with Crippen molar-refractivity contribution in [2.24, 2.45) is 0 Å². The third kappa shape index (κ3) is 2.79. The van der Waals surface area contributed by atoms with E-state index in [1.165, 1.54) is 5.92 Å². The van der Waals surface area contributed by atoms with Gasteiger partial charge in [-0.15, -0.1) is 0 Å². The first kappa shape index (κ1) is 10.2. The molecule has 0 heterocycles.